The van der Waals surface area contributed by atoms with E-state index in [4.69, 9.17) is 0 Å². The molecule has 0 unspecified atom stereocenters. The van der Waals surface area contributed by atoms with E-state index in [2.05, 4.69) is 5.32 Å². The molecule has 1 aliphatic carbocycles. The van der Waals surface area contributed by atoms with E-state index < -0.39 is 0 Å². The summed E-state index contributed by atoms with van der Waals surface area (Å²) in [5.41, 5.74) is 0.442. The van der Waals surface area contributed by atoms with Gasteiger partial charge in [0, 0.05) is 24.1 Å². The van der Waals surface area contributed by atoms with Gasteiger partial charge in [-0.15, -0.1) is 0 Å². The van der Waals surface area contributed by atoms with Crippen LogP contribution in [0.1, 0.15) is 30.7 Å². The molecular formula is C13H14N2O3. The van der Waals surface area contributed by atoms with E-state index in [1.54, 1.807) is 18.2 Å². The van der Waals surface area contributed by atoms with Crippen LogP contribution in [0.4, 0.5) is 5.69 Å². The second-order valence-corrected chi connectivity index (χ2v) is 5.09. The van der Waals surface area contributed by atoms with Crippen molar-refractivity contribution in [3.63, 3.8) is 0 Å². The van der Waals surface area contributed by atoms with Crippen LogP contribution in [0.2, 0.25) is 0 Å². The van der Waals surface area contributed by atoms with Crippen molar-refractivity contribution in [3.05, 3.63) is 39.9 Å². The summed E-state index contributed by atoms with van der Waals surface area (Å²) in [5, 5.41) is 13.9. The zero-order valence-electron chi connectivity index (χ0n) is 9.89. The van der Waals surface area contributed by atoms with E-state index >= 15 is 0 Å². The highest BCUT2D eigenvalue weighted by Crippen LogP contribution is 2.55. The van der Waals surface area contributed by atoms with Crippen molar-refractivity contribution in [2.24, 2.45) is 5.41 Å². The summed E-state index contributed by atoms with van der Waals surface area (Å²) in [7, 11) is 0. The minimum Gasteiger partial charge on any atom is -0.355 e. The normalized spacial score (nSPS) is 24.7. The lowest BCUT2D eigenvalue weighted by atomic mass is 9.60. The van der Waals surface area contributed by atoms with Crippen LogP contribution in [-0.2, 0) is 4.79 Å². The maximum atomic E-state index is 12.0. The van der Waals surface area contributed by atoms with E-state index in [-0.39, 0.29) is 27.9 Å². The van der Waals surface area contributed by atoms with Gasteiger partial charge in [-0.3, -0.25) is 14.9 Å². The highest BCUT2D eigenvalue weighted by molar-refractivity contribution is 5.87. The Labute approximate surface area is 104 Å². The first-order chi connectivity index (χ1) is 8.65. The monoisotopic (exact) mass is 246 g/mol. The minimum absolute atomic E-state index is 0.0552. The summed E-state index contributed by atoms with van der Waals surface area (Å²) < 4.78 is 0. The van der Waals surface area contributed by atoms with Gasteiger partial charge in [-0.05, 0) is 12.8 Å². The fourth-order valence-corrected chi connectivity index (χ4v) is 3.21. The van der Waals surface area contributed by atoms with Gasteiger partial charge >= 0.3 is 0 Å². The lowest BCUT2D eigenvalue weighted by Crippen LogP contribution is -2.40. The number of nitrogens with zero attached hydrogens (tertiary/aromatic N) is 1. The van der Waals surface area contributed by atoms with Gasteiger partial charge < -0.3 is 5.32 Å². The third-order valence-corrected chi connectivity index (χ3v) is 4.34. The standard InChI is InChI=1S/C13H14N2O3/c16-12-13(6-3-7-13)10(8-14-12)9-4-1-2-5-11(9)15(17)18/h1-2,4-5,10H,3,6-8H2,(H,14,16)/t10-/m0/s1. The molecule has 94 valence electrons. The van der Waals surface area contributed by atoms with Crippen LogP contribution >= 0.6 is 0 Å². The largest absolute Gasteiger partial charge is 0.355 e. The van der Waals surface area contributed by atoms with Gasteiger partial charge in [0.1, 0.15) is 0 Å². The maximum absolute atomic E-state index is 12.0. The molecule has 1 amide bonds. The van der Waals surface area contributed by atoms with Crippen LogP contribution in [0.15, 0.2) is 24.3 Å². The topological polar surface area (TPSA) is 72.2 Å². The zero-order valence-corrected chi connectivity index (χ0v) is 9.89. The van der Waals surface area contributed by atoms with Crippen molar-refractivity contribution in [3.8, 4) is 0 Å². The number of benzene rings is 1. The van der Waals surface area contributed by atoms with Crippen molar-refractivity contribution in [2.75, 3.05) is 6.54 Å². The number of nitro groups is 1. The van der Waals surface area contributed by atoms with Crippen LogP contribution < -0.4 is 5.32 Å². The molecular weight excluding hydrogens is 232 g/mol. The van der Waals surface area contributed by atoms with E-state index in [1.807, 2.05) is 0 Å². The number of carbonyl (C=O) groups is 1. The smallest absolute Gasteiger partial charge is 0.272 e. The fourth-order valence-electron chi connectivity index (χ4n) is 3.21. The summed E-state index contributed by atoms with van der Waals surface area (Å²) >= 11 is 0. The van der Waals surface area contributed by atoms with Gasteiger partial charge in [-0.2, -0.15) is 0 Å². The Balaban J connectivity index is 2.05. The van der Waals surface area contributed by atoms with Gasteiger partial charge in [0.25, 0.3) is 5.69 Å². The lowest BCUT2D eigenvalue weighted by molar-refractivity contribution is -0.385. The number of nitrogens with one attached hydrogen (secondary N) is 1. The molecule has 0 radical (unpaired) electrons. The van der Waals surface area contributed by atoms with Crippen LogP contribution in [0.5, 0.6) is 0 Å². The highest BCUT2D eigenvalue weighted by atomic mass is 16.6. The summed E-state index contributed by atoms with van der Waals surface area (Å²) in [6, 6.07) is 6.77. The first-order valence-electron chi connectivity index (χ1n) is 6.17. The van der Waals surface area contributed by atoms with Crippen molar-refractivity contribution in [2.45, 2.75) is 25.2 Å². The van der Waals surface area contributed by atoms with Crippen LogP contribution in [0.3, 0.4) is 0 Å². The summed E-state index contributed by atoms with van der Waals surface area (Å²) in [6.45, 7) is 0.518. The van der Waals surface area contributed by atoms with Crippen LogP contribution in [0, 0.1) is 15.5 Å². The second-order valence-electron chi connectivity index (χ2n) is 5.09. The van der Waals surface area contributed by atoms with E-state index in [1.165, 1.54) is 6.07 Å². The molecule has 18 heavy (non-hydrogen) atoms. The number of para-hydroxylation sites is 1. The number of hydrogen-bond acceptors (Lipinski definition) is 3. The van der Waals surface area contributed by atoms with Gasteiger partial charge in [0.2, 0.25) is 5.91 Å². The molecule has 1 aromatic rings. The summed E-state index contributed by atoms with van der Waals surface area (Å²) in [4.78, 5) is 22.7. The summed E-state index contributed by atoms with van der Waals surface area (Å²) in [5.74, 6) is 0.0113. The average molecular weight is 246 g/mol. The third kappa shape index (κ3) is 1.36. The molecule has 5 nitrogen and oxygen atoms in total. The summed E-state index contributed by atoms with van der Waals surface area (Å²) in [6.07, 6.45) is 2.72. The second kappa shape index (κ2) is 3.80. The minimum atomic E-state index is -0.383. The molecule has 1 spiro atoms. The van der Waals surface area contributed by atoms with Crippen molar-refractivity contribution >= 4 is 11.6 Å². The van der Waals surface area contributed by atoms with Crippen LogP contribution in [-0.4, -0.2) is 17.4 Å². The molecule has 1 aromatic carbocycles. The lowest BCUT2D eigenvalue weighted by Gasteiger charge is -2.40. The first-order valence-corrected chi connectivity index (χ1v) is 6.17. The average Bonchev–Trinajstić information content (AvgIpc) is 2.66. The molecule has 5 heteroatoms. The Bertz CT molecular complexity index is 523. The molecule has 0 aromatic heterocycles. The number of carbonyl (C=O) groups excluding carboxylic acids is 1. The maximum Gasteiger partial charge on any atom is 0.272 e. The predicted molar refractivity (Wildman–Crippen MR) is 65.1 cm³/mol. The molecule has 1 aliphatic heterocycles. The number of rotatable bonds is 2. The predicted octanol–water partition coefficient (Wildman–Crippen LogP) is 1.98. The Morgan fingerprint density at radius 3 is 2.67 bits per heavy atom. The Morgan fingerprint density at radius 1 is 1.33 bits per heavy atom. The molecule has 1 saturated carbocycles. The van der Waals surface area contributed by atoms with E-state index in [9.17, 15) is 14.9 Å². The molecule has 1 heterocycles. The molecule has 1 saturated heterocycles. The van der Waals surface area contributed by atoms with Crippen molar-refractivity contribution in [1.82, 2.24) is 5.32 Å². The van der Waals surface area contributed by atoms with Gasteiger partial charge in [0.05, 0.1) is 10.3 Å². The SMILES string of the molecule is O=C1NC[C@@H](c2ccccc2[N+](=O)[O-])C12CCC2. The van der Waals surface area contributed by atoms with Crippen LogP contribution in [0.25, 0.3) is 0 Å². The first kappa shape index (κ1) is 11.2. The van der Waals surface area contributed by atoms with Crippen molar-refractivity contribution in [1.29, 1.82) is 0 Å². The fraction of sp³-hybridized carbons (Fsp3) is 0.462. The number of hydrogen-bond donors (Lipinski definition) is 1. The Kier molecular flexibility index (Phi) is 2.36. The third-order valence-electron chi connectivity index (χ3n) is 4.34. The Hall–Kier alpha value is -1.91. The van der Waals surface area contributed by atoms with Gasteiger partial charge in [-0.1, -0.05) is 24.6 Å². The van der Waals surface area contributed by atoms with E-state index in [0.717, 1.165) is 19.3 Å². The molecule has 1 atom stereocenters. The molecule has 0 bridgehead atoms. The zero-order chi connectivity index (χ0) is 12.8. The van der Waals surface area contributed by atoms with E-state index in [0.29, 0.717) is 12.1 Å². The number of nitro benzene ring substituents is 1. The Morgan fingerprint density at radius 2 is 2.06 bits per heavy atom. The molecule has 1 N–H and O–H groups in total. The van der Waals surface area contributed by atoms with Crippen molar-refractivity contribution < 1.29 is 9.72 Å². The molecule has 2 aliphatic rings. The van der Waals surface area contributed by atoms with Gasteiger partial charge in [-0.25, -0.2) is 0 Å². The molecule has 3 rings (SSSR count). The number of amides is 1. The quantitative estimate of drug-likeness (QED) is 0.640. The molecule has 2 fully saturated rings. The highest BCUT2D eigenvalue weighted by Gasteiger charge is 2.55. The van der Waals surface area contributed by atoms with Gasteiger partial charge in [0.15, 0.2) is 0 Å².